The predicted molar refractivity (Wildman–Crippen MR) is 60.8 cm³/mol. The SMILES string of the molecule is C=C(C)C(=O)OCCNC(C)(C)C.Cl. The largest absolute Gasteiger partial charge is 0.461 e. The van der Waals surface area contributed by atoms with E-state index in [9.17, 15) is 4.79 Å². The van der Waals surface area contributed by atoms with Crippen LogP contribution in [0.25, 0.3) is 0 Å². The second-order valence-electron chi connectivity index (χ2n) is 4.09. The fourth-order valence-corrected chi connectivity index (χ4v) is 0.693. The van der Waals surface area contributed by atoms with Gasteiger partial charge in [0.25, 0.3) is 0 Å². The maximum absolute atomic E-state index is 10.9. The minimum Gasteiger partial charge on any atom is -0.461 e. The Morgan fingerprint density at radius 1 is 1.43 bits per heavy atom. The van der Waals surface area contributed by atoms with E-state index in [4.69, 9.17) is 4.74 Å². The van der Waals surface area contributed by atoms with Gasteiger partial charge in [0, 0.05) is 17.7 Å². The number of carbonyl (C=O) groups excluding carboxylic acids is 1. The molecule has 0 aliphatic rings. The summed E-state index contributed by atoms with van der Waals surface area (Å²) >= 11 is 0. The van der Waals surface area contributed by atoms with Gasteiger partial charge in [0.2, 0.25) is 0 Å². The van der Waals surface area contributed by atoms with Crippen LogP contribution in [0.15, 0.2) is 12.2 Å². The Bertz CT molecular complexity index is 197. The van der Waals surface area contributed by atoms with E-state index in [1.807, 2.05) is 0 Å². The highest BCUT2D eigenvalue weighted by molar-refractivity contribution is 5.86. The molecule has 14 heavy (non-hydrogen) atoms. The van der Waals surface area contributed by atoms with Crippen molar-refractivity contribution in [3.8, 4) is 0 Å². The van der Waals surface area contributed by atoms with E-state index in [0.717, 1.165) is 0 Å². The van der Waals surface area contributed by atoms with Gasteiger partial charge >= 0.3 is 5.97 Å². The molecule has 0 spiro atoms. The lowest BCUT2D eigenvalue weighted by molar-refractivity contribution is -0.138. The van der Waals surface area contributed by atoms with Gasteiger partial charge in [-0.1, -0.05) is 6.58 Å². The predicted octanol–water partition coefficient (Wildman–Crippen LogP) is 1.92. The molecule has 4 heteroatoms. The first-order chi connectivity index (χ1) is 5.83. The molecule has 0 heterocycles. The maximum atomic E-state index is 10.9. The summed E-state index contributed by atoms with van der Waals surface area (Å²) in [6.45, 7) is 12.4. The zero-order valence-electron chi connectivity index (χ0n) is 9.35. The second-order valence-corrected chi connectivity index (χ2v) is 4.09. The van der Waals surface area contributed by atoms with Crippen LogP contribution in [0.4, 0.5) is 0 Å². The van der Waals surface area contributed by atoms with Gasteiger partial charge in [-0.15, -0.1) is 12.4 Å². The highest BCUT2D eigenvalue weighted by Gasteiger charge is 2.08. The molecule has 0 bridgehead atoms. The van der Waals surface area contributed by atoms with Crippen LogP contribution < -0.4 is 5.32 Å². The fourth-order valence-electron chi connectivity index (χ4n) is 0.693. The van der Waals surface area contributed by atoms with E-state index in [1.54, 1.807) is 6.92 Å². The minimum atomic E-state index is -0.323. The van der Waals surface area contributed by atoms with Gasteiger partial charge in [0.1, 0.15) is 6.61 Å². The van der Waals surface area contributed by atoms with Crippen LogP contribution in [0.1, 0.15) is 27.7 Å². The Balaban J connectivity index is 0. The third kappa shape index (κ3) is 9.55. The van der Waals surface area contributed by atoms with Crippen molar-refractivity contribution in [1.82, 2.24) is 5.32 Å². The summed E-state index contributed by atoms with van der Waals surface area (Å²) in [5.74, 6) is -0.323. The summed E-state index contributed by atoms with van der Waals surface area (Å²) in [5.41, 5.74) is 0.506. The molecule has 0 aliphatic carbocycles. The fraction of sp³-hybridized carbons (Fsp3) is 0.700. The normalized spacial score (nSPS) is 10.3. The van der Waals surface area contributed by atoms with E-state index in [1.165, 1.54) is 0 Å². The average Bonchev–Trinajstić information content (AvgIpc) is 1.95. The number of carbonyl (C=O) groups is 1. The number of rotatable bonds is 4. The van der Waals surface area contributed by atoms with Gasteiger partial charge in [0.05, 0.1) is 0 Å². The van der Waals surface area contributed by atoms with Crippen LogP contribution in [0.5, 0.6) is 0 Å². The van der Waals surface area contributed by atoms with Crippen molar-refractivity contribution < 1.29 is 9.53 Å². The molecule has 0 unspecified atom stereocenters. The monoisotopic (exact) mass is 221 g/mol. The first-order valence-electron chi connectivity index (χ1n) is 4.40. The second kappa shape index (κ2) is 6.85. The molecule has 0 aromatic heterocycles. The van der Waals surface area contributed by atoms with Crippen molar-refractivity contribution in [3.63, 3.8) is 0 Å². The smallest absolute Gasteiger partial charge is 0.333 e. The molecule has 0 saturated carbocycles. The van der Waals surface area contributed by atoms with E-state index >= 15 is 0 Å². The lowest BCUT2D eigenvalue weighted by Gasteiger charge is -2.20. The molecule has 0 radical (unpaired) electrons. The summed E-state index contributed by atoms with van der Waals surface area (Å²) in [7, 11) is 0. The van der Waals surface area contributed by atoms with Crippen molar-refractivity contribution in [2.24, 2.45) is 0 Å². The Morgan fingerprint density at radius 3 is 2.29 bits per heavy atom. The first kappa shape index (κ1) is 15.9. The number of nitrogens with one attached hydrogen (secondary N) is 1. The lowest BCUT2D eigenvalue weighted by Crippen LogP contribution is -2.38. The maximum Gasteiger partial charge on any atom is 0.333 e. The van der Waals surface area contributed by atoms with Crippen molar-refractivity contribution in [3.05, 3.63) is 12.2 Å². The van der Waals surface area contributed by atoms with Crippen LogP contribution in [-0.2, 0) is 9.53 Å². The Labute approximate surface area is 92.3 Å². The number of hydrogen-bond acceptors (Lipinski definition) is 3. The molecule has 0 rings (SSSR count). The van der Waals surface area contributed by atoms with Crippen molar-refractivity contribution in [2.45, 2.75) is 33.2 Å². The zero-order valence-corrected chi connectivity index (χ0v) is 10.2. The zero-order chi connectivity index (χ0) is 10.5. The first-order valence-corrected chi connectivity index (χ1v) is 4.40. The number of hydrogen-bond donors (Lipinski definition) is 1. The van der Waals surface area contributed by atoms with Gasteiger partial charge in [-0.2, -0.15) is 0 Å². The lowest BCUT2D eigenvalue weighted by atomic mass is 10.1. The molecule has 1 N–H and O–H groups in total. The molecule has 0 aromatic carbocycles. The number of esters is 1. The van der Waals surface area contributed by atoms with Gasteiger partial charge < -0.3 is 10.1 Å². The topological polar surface area (TPSA) is 38.3 Å². The van der Waals surface area contributed by atoms with Crippen molar-refractivity contribution >= 4 is 18.4 Å². The van der Waals surface area contributed by atoms with Crippen LogP contribution >= 0.6 is 12.4 Å². The molecule has 0 fully saturated rings. The summed E-state index contributed by atoms with van der Waals surface area (Å²) in [6, 6.07) is 0. The van der Waals surface area contributed by atoms with E-state index in [2.05, 4.69) is 32.7 Å². The standard InChI is InChI=1S/C10H19NO2.ClH/c1-8(2)9(12)13-7-6-11-10(3,4)5;/h11H,1,6-7H2,2-5H3;1H. The minimum absolute atomic E-state index is 0. The third-order valence-electron chi connectivity index (χ3n) is 1.34. The molecule has 0 atom stereocenters. The number of ether oxygens (including phenoxy) is 1. The van der Waals surface area contributed by atoms with Gasteiger partial charge in [0.15, 0.2) is 0 Å². The molecular weight excluding hydrogens is 202 g/mol. The van der Waals surface area contributed by atoms with E-state index in [0.29, 0.717) is 18.7 Å². The third-order valence-corrected chi connectivity index (χ3v) is 1.34. The van der Waals surface area contributed by atoms with Crippen LogP contribution in [0.3, 0.4) is 0 Å². The highest BCUT2D eigenvalue weighted by atomic mass is 35.5. The Kier molecular flexibility index (Phi) is 7.78. The van der Waals surface area contributed by atoms with Gasteiger partial charge in [-0.25, -0.2) is 4.79 Å². The highest BCUT2D eigenvalue weighted by Crippen LogP contribution is 1.97. The molecule has 0 aliphatic heterocycles. The molecule has 0 aromatic rings. The van der Waals surface area contributed by atoms with Crippen LogP contribution in [-0.4, -0.2) is 24.7 Å². The van der Waals surface area contributed by atoms with Gasteiger partial charge in [-0.05, 0) is 27.7 Å². The van der Waals surface area contributed by atoms with E-state index < -0.39 is 0 Å². The van der Waals surface area contributed by atoms with Crippen LogP contribution in [0, 0.1) is 0 Å². The van der Waals surface area contributed by atoms with Crippen LogP contribution in [0.2, 0.25) is 0 Å². The Morgan fingerprint density at radius 2 is 1.93 bits per heavy atom. The molecule has 3 nitrogen and oxygen atoms in total. The van der Waals surface area contributed by atoms with Gasteiger partial charge in [-0.3, -0.25) is 0 Å². The molecule has 84 valence electrons. The summed E-state index contributed by atoms with van der Waals surface area (Å²) in [6.07, 6.45) is 0. The molecular formula is C10H20ClNO2. The summed E-state index contributed by atoms with van der Waals surface area (Å²) < 4.78 is 4.90. The van der Waals surface area contributed by atoms with Crippen molar-refractivity contribution in [1.29, 1.82) is 0 Å². The summed E-state index contributed by atoms with van der Waals surface area (Å²) in [4.78, 5) is 10.9. The number of halogens is 1. The quantitative estimate of drug-likeness (QED) is 0.448. The molecule has 0 amide bonds. The average molecular weight is 222 g/mol. The molecule has 0 saturated heterocycles. The van der Waals surface area contributed by atoms with Crippen molar-refractivity contribution in [2.75, 3.05) is 13.2 Å². The summed E-state index contributed by atoms with van der Waals surface area (Å²) in [5, 5.41) is 3.21. The Hall–Kier alpha value is -0.540. The van der Waals surface area contributed by atoms with E-state index in [-0.39, 0.29) is 23.9 Å².